The quantitative estimate of drug-likeness (QED) is 0.904. The van der Waals surface area contributed by atoms with Gasteiger partial charge in [0.05, 0.1) is 6.10 Å². The third kappa shape index (κ3) is 4.69. The lowest BCUT2D eigenvalue weighted by molar-refractivity contribution is 0.0478. The molecule has 0 aliphatic rings. The summed E-state index contributed by atoms with van der Waals surface area (Å²) in [6, 6.07) is 9.98. The van der Waals surface area contributed by atoms with Crippen LogP contribution in [0.25, 0.3) is 0 Å². The normalized spacial score (nSPS) is 13.8. The molecule has 0 saturated heterocycles. The Balaban J connectivity index is 2.00. The molecule has 2 rings (SSSR count). The maximum atomic E-state index is 13.1. The fourth-order valence-electron chi connectivity index (χ4n) is 1.97. The molecule has 112 valence electrons. The van der Waals surface area contributed by atoms with Crippen LogP contribution in [0.3, 0.4) is 0 Å². The smallest absolute Gasteiger partial charge is 0.126 e. The monoisotopic (exact) mass is 312 g/mol. The number of rotatable bonds is 5. The molecule has 0 radical (unpaired) electrons. The van der Waals surface area contributed by atoms with E-state index in [-0.39, 0.29) is 6.42 Å². The molecule has 2 unspecified atom stereocenters. The van der Waals surface area contributed by atoms with Crippen molar-refractivity contribution in [2.24, 2.45) is 0 Å². The Hall–Kier alpha value is -1.65. The fraction of sp³-hybridized carbons (Fsp3) is 0.250. The van der Waals surface area contributed by atoms with Gasteiger partial charge in [-0.05, 0) is 42.8 Å². The van der Waals surface area contributed by atoms with Crippen molar-refractivity contribution in [1.82, 2.24) is 0 Å². The summed E-state index contributed by atoms with van der Waals surface area (Å²) in [6.45, 7) is 1.68. The van der Waals surface area contributed by atoms with Crippen molar-refractivity contribution in [3.8, 4) is 5.75 Å². The highest BCUT2D eigenvalue weighted by Gasteiger charge is 2.17. The first kappa shape index (κ1) is 15.7. The molecule has 0 bridgehead atoms. The second-order valence-corrected chi connectivity index (χ2v) is 5.27. The number of hydrogen-bond donors (Lipinski definition) is 1. The lowest BCUT2D eigenvalue weighted by Gasteiger charge is -2.21. The first-order valence-corrected chi connectivity index (χ1v) is 6.87. The first-order valence-electron chi connectivity index (χ1n) is 6.49. The largest absolute Gasteiger partial charge is 0.488 e. The van der Waals surface area contributed by atoms with E-state index >= 15 is 0 Å². The highest BCUT2D eigenvalue weighted by Crippen LogP contribution is 2.20. The zero-order valence-corrected chi connectivity index (χ0v) is 12.1. The van der Waals surface area contributed by atoms with E-state index in [1.54, 1.807) is 31.2 Å². The molecule has 21 heavy (non-hydrogen) atoms. The van der Waals surface area contributed by atoms with Crippen molar-refractivity contribution in [2.75, 3.05) is 0 Å². The van der Waals surface area contributed by atoms with Gasteiger partial charge in [0, 0.05) is 17.5 Å². The molecule has 0 saturated carbocycles. The number of ether oxygens (including phenoxy) is 1. The van der Waals surface area contributed by atoms with Crippen LogP contribution in [0.2, 0.25) is 5.02 Å². The molecule has 0 amide bonds. The Bertz CT molecular complexity index is 599. The average Bonchev–Trinajstić information content (AvgIpc) is 2.37. The average molecular weight is 313 g/mol. The van der Waals surface area contributed by atoms with Crippen molar-refractivity contribution >= 4 is 11.6 Å². The van der Waals surface area contributed by atoms with Gasteiger partial charge >= 0.3 is 0 Å². The van der Waals surface area contributed by atoms with E-state index in [0.717, 1.165) is 6.07 Å². The third-order valence-electron chi connectivity index (χ3n) is 3.03. The highest BCUT2D eigenvalue weighted by molar-refractivity contribution is 6.30. The van der Waals surface area contributed by atoms with Gasteiger partial charge in [-0.1, -0.05) is 17.7 Å². The summed E-state index contributed by atoms with van der Waals surface area (Å²) in [4.78, 5) is 0. The predicted octanol–water partition coefficient (Wildman–Crippen LogP) is 3.99. The molecule has 2 atom stereocenters. The van der Waals surface area contributed by atoms with Crippen LogP contribution >= 0.6 is 11.6 Å². The standard InChI is InChI=1S/C16H15ClF2O2/c1-10(21-15-4-2-3-12(17)8-15)16(20)7-11-5-13(18)9-14(19)6-11/h2-6,8-10,16,20H,7H2,1H3. The van der Waals surface area contributed by atoms with E-state index in [2.05, 4.69) is 0 Å². The summed E-state index contributed by atoms with van der Waals surface area (Å²) >= 11 is 5.85. The minimum Gasteiger partial charge on any atom is -0.488 e. The molecule has 0 aromatic heterocycles. The lowest BCUT2D eigenvalue weighted by atomic mass is 10.0. The van der Waals surface area contributed by atoms with E-state index in [1.165, 1.54) is 12.1 Å². The van der Waals surface area contributed by atoms with Crippen LogP contribution in [0.15, 0.2) is 42.5 Å². The molecular formula is C16H15ClF2O2. The molecule has 0 heterocycles. The van der Waals surface area contributed by atoms with Crippen LogP contribution in [0.4, 0.5) is 8.78 Å². The zero-order chi connectivity index (χ0) is 15.4. The van der Waals surface area contributed by atoms with Gasteiger partial charge in [0.15, 0.2) is 0 Å². The number of benzene rings is 2. The van der Waals surface area contributed by atoms with E-state index in [4.69, 9.17) is 16.3 Å². The first-order chi connectivity index (χ1) is 9.94. The maximum Gasteiger partial charge on any atom is 0.126 e. The highest BCUT2D eigenvalue weighted by atomic mass is 35.5. The molecule has 2 aromatic rings. The fourth-order valence-corrected chi connectivity index (χ4v) is 2.15. The van der Waals surface area contributed by atoms with Crippen molar-refractivity contribution < 1.29 is 18.6 Å². The minimum absolute atomic E-state index is 0.0937. The molecular weight excluding hydrogens is 298 g/mol. The molecule has 5 heteroatoms. The van der Waals surface area contributed by atoms with Gasteiger partial charge in [-0.3, -0.25) is 0 Å². The van der Waals surface area contributed by atoms with Gasteiger partial charge in [-0.15, -0.1) is 0 Å². The van der Waals surface area contributed by atoms with Crippen LogP contribution < -0.4 is 4.74 Å². The zero-order valence-electron chi connectivity index (χ0n) is 11.4. The SMILES string of the molecule is CC(Oc1cccc(Cl)c1)C(O)Cc1cc(F)cc(F)c1. The summed E-state index contributed by atoms with van der Waals surface area (Å²) in [5, 5.41) is 10.6. The summed E-state index contributed by atoms with van der Waals surface area (Å²) < 4.78 is 31.8. The predicted molar refractivity (Wildman–Crippen MR) is 77.6 cm³/mol. The topological polar surface area (TPSA) is 29.5 Å². The van der Waals surface area contributed by atoms with E-state index in [1.807, 2.05) is 0 Å². The third-order valence-corrected chi connectivity index (χ3v) is 3.26. The number of aliphatic hydroxyl groups excluding tert-OH is 1. The van der Waals surface area contributed by atoms with E-state index in [9.17, 15) is 13.9 Å². The molecule has 0 fully saturated rings. The Labute approximate surface area is 126 Å². The number of hydrogen-bond acceptors (Lipinski definition) is 2. The van der Waals surface area contributed by atoms with Crippen LogP contribution in [0, 0.1) is 11.6 Å². The molecule has 2 aromatic carbocycles. The maximum absolute atomic E-state index is 13.1. The number of aliphatic hydroxyl groups is 1. The lowest BCUT2D eigenvalue weighted by Crippen LogP contribution is -2.30. The minimum atomic E-state index is -0.898. The van der Waals surface area contributed by atoms with Gasteiger partial charge < -0.3 is 9.84 Å². The number of halogens is 3. The van der Waals surface area contributed by atoms with E-state index < -0.39 is 23.8 Å². The van der Waals surface area contributed by atoms with Gasteiger partial charge in [0.2, 0.25) is 0 Å². The van der Waals surface area contributed by atoms with Crippen molar-refractivity contribution in [2.45, 2.75) is 25.6 Å². The van der Waals surface area contributed by atoms with E-state index in [0.29, 0.717) is 16.3 Å². The van der Waals surface area contributed by atoms with Crippen LogP contribution in [-0.2, 0) is 6.42 Å². The van der Waals surface area contributed by atoms with Gasteiger partial charge in [0.1, 0.15) is 23.5 Å². The van der Waals surface area contributed by atoms with Gasteiger partial charge in [0.25, 0.3) is 0 Å². The van der Waals surface area contributed by atoms with Crippen molar-refractivity contribution in [3.05, 3.63) is 64.7 Å². The van der Waals surface area contributed by atoms with Crippen LogP contribution in [0.1, 0.15) is 12.5 Å². The van der Waals surface area contributed by atoms with Gasteiger partial charge in [-0.2, -0.15) is 0 Å². The summed E-state index contributed by atoms with van der Waals surface area (Å²) in [7, 11) is 0. The van der Waals surface area contributed by atoms with Crippen molar-refractivity contribution in [3.63, 3.8) is 0 Å². The molecule has 0 aliphatic carbocycles. The van der Waals surface area contributed by atoms with Crippen molar-refractivity contribution in [1.29, 1.82) is 0 Å². The molecule has 1 N–H and O–H groups in total. The van der Waals surface area contributed by atoms with Crippen LogP contribution in [0.5, 0.6) is 5.75 Å². The molecule has 2 nitrogen and oxygen atoms in total. The Morgan fingerprint density at radius 1 is 1.14 bits per heavy atom. The second-order valence-electron chi connectivity index (χ2n) is 4.83. The Morgan fingerprint density at radius 3 is 2.43 bits per heavy atom. The second kappa shape index (κ2) is 6.87. The van der Waals surface area contributed by atoms with Gasteiger partial charge in [-0.25, -0.2) is 8.78 Å². The molecule has 0 spiro atoms. The Morgan fingerprint density at radius 2 is 1.81 bits per heavy atom. The summed E-state index contributed by atoms with van der Waals surface area (Å²) in [5.74, 6) is -0.805. The molecule has 0 aliphatic heterocycles. The summed E-state index contributed by atoms with van der Waals surface area (Å²) in [6.07, 6.45) is -1.35. The Kier molecular flexibility index (Phi) is 5.15. The summed E-state index contributed by atoms with van der Waals surface area (Å²) in [5.41, 5.74) is 0.376. The van der Waals surface area contributed by atoms with Crippen LogP contribution in [-0.4, -0.2) is 17.3 Å².